The first-order valence-corrected chi connectivity index (χ1v) is 6.28. The topological polar surface area (TPSA) is 76.7 Å². The van der Waals surface area contributed by atoms with E-state index in [-0.39, 0.29) is 18.3 Å². The molecule has 0 fully saturated rings. The highest BCUT2D eigenvalue weighted by atomic mass is 32.1. The Labute approximate surface area is 105 Å². The normalized spacial score (nSPS) is 11.6. The van der Waals surface area contributed by atoms with Crippen LogP contribution in [0.5, 0.6) is 0 Å². The van der Waals surface area contributed by atoms with E-state index in [0.717, 1.165) is 5.56 Å². The number of amides is 1. The van der Waals surface area contributed by atoms with Crippen LogP contribution >= 0.6 is 11.3 Å². The van der Waals surface area contributed by atoms with Gasteiger partial charge in [-0.3, -0.25) is 4.79 Å². The van der Waals surface area contributed by atoms with E-state index in [1.165, 1.54) is 11.3 Å². The summed E-state index contributed by atoms with van der Waals surface area (Å²) in [5.74, 6) is 0.502. The molecule has 1 rings (SSSR count). The highest BCUT2D eigenvalue weighted by molar-refractivity contribution is 7.08. The third-order valence-electron chi connectivity index (χ3n) is 1.88. The van der Waals surface area contributed by atoms with E-state index >= 15 is 0 Å². The maximum absolute atomic E-state index is 11.3. The lowest BCUT2D eigenvalue weighted by Gasteiger charge is -2.06. The summed E-state index contributed by atoms with van der Waals surface area (Å²) in [7, 11) is 0. The second-order valence-electron chi connectivity index (χ2n) is 3.96. The van der Waals surface area contributed by atoms with Crippen molar-refractivity contribution in [3.63, 3.8) is 0 Å². The van der Waals surface area contributed by atoms with Crippen molar-refractivity contribution < 1.29 is 9.63 Å². The number of amidine groups is 1. The Morgan fingerprint density at radius 1 is 1.65 bits per heavy atom. The SMILES string of the molecule is CC(C)CNC(=O)CO/N=C(\N)c1ccsc1. The first kappa shape index (κ1) is 13.5. The van der Waals surface area contributed by atoms with Gasteiger partial charge in [0.15, 0.2) is 12.4 Å². The van der Waals surface area contributed by atoms with Gasteiger partial charge >= 0.3 is 0 Å². The van der Waals surface area contributed by atoms with Gasteiger partial charge in [-0.25, -0.2) is 0 Å². The summed E-state index contributed by atoms with van der Waals surface area (Å²) in [4.78, 5) is 16.1. The van der Waals surface area contributed by atoms with E-state index in [2.05, 4.69) is 10.5 Å². The van der Waals surface area contributed by atoms with Crippen LogP contribution < -0.4 is 11.1 Å². The molecule has 1 amide bonds. The van der Waals surface area contributed by atoms with Crippen LogP contribution in [0.15, 0.2) is 22.0 Å². The molecule has 17 heavy (non-hydrogen) atoms. The van der Waals surface area contributed by atoms with E-state index in [0.29, 0.717) is 12.5 Å². The highest BCUT2D eigenvalue weighted by Gasteiger charge is 2.03. The Balaban J connectivity index is 2.27. The molecule has 0 bridgehead atoms. The van der Waals surface area contributed by atoms with E-state index in [1.54, 1.807) is 0 Å². The molecule has 1 heterocycles. The molecule has 6 heteroatoms. The molecule has 1 aromatic heterocycles. The van der Waals surface area contributed by atoms with Gasteiger partial charge in [-0.2, -0.15) is 11.3 Å². The van der Waals surface area contributed by atoms with Gasteiger partial charge < -0.3 is 15.9 Å². The average molecular weight is 255 g/mol. The molecule has 0 aliphatic rings. The quantitative estimate of drug-likeness (QED) is 0.455. The van der Waals surface area contributed by atoms with Gasteiger partial charge in [0.2, 0.25) is 0 Å². The molecule has 3 N–H and O–H groups in total. The van der Waals surface area contributed by atoms with E-state index < -0.39 is 0 Å². The number of nitrogens with zero attached hydrogens (tertiary/aromatic N) is 1. The predicted octanol–water partition coefficient (Wildman–Crippen LogP) is 1.16. The summed E-state index contributed by atoms with van der Waals surface area (Å²) < 4.78 is 0. The molecule has 0 aliphatic carbocycles. The first-order valence-electron chi connectivity index (χ1n) is 5.34. The number of oxime groups is 1. The summed E-state index contributed by atoms with van der Waals surface area (Å²) in [6, 6.07) is 1.84. The summed E-state index contributed by atoms with van der Waals surface area (Å²) >= 11 is 1.52. The molecular weight excluding hydrogens is 238 g/mol. The molecule has 0 unspecified atom stereocenters. The fraction of sp³-hybridized carbons (Fsp3) is 0.455. The molecule has 0 aromatic carbocycles. The molecule has 0 aliphatic heterocycles. The molecule has 0 saturated heterocycles. The Hall–Kier alpha value is -1.56. The van der Waals surface area contributed by atoms with Crippen molar-refractivity contribution in [2.45, 2.75) is 13.8 Å². The maximum atomic E-state index is 11.3. The van der Waals surface area contributed by atoms with Crippen LogP contribution in [0.25, 0.3) is 0 Å². The number of carbonyl (C=O) groups is 1. The van der Waals surface area contributed by atoms with Crippen molar-refractivity contribution in [1.82, 2.24) is 5.32 Å². The van der Waals surface area contributed by atoms with Crippen LogP contribution in [0.3, 0.4) is 0 Å². The number of nitrogens with one attached hydrogen (secondary N) is 1. The zero-order valence-electron chi connectivity index (χ0n) is 9.97. The number of hydrogen-bond donors (Lipinski definition) is 2. The fourth-order valence-electron chi connectivity index (χ4n) is 0.992. The molecular formula is C11H17N3O2S. The summed E-state index contributed by atoms with van der Waals surface area (Å²) in [6.45, 7) is 4.56. The van der Waals surface area contributed by atoms with E-state index in [4.69, 9.17) is 10.6 Å². The third kappa shape index (κ3) is 5.35. The third-order valence-corrected chi connectivity index (χ3v) is 2.57. The standard InChI is InChI=1S/C11H17N3O2S/c1-8(2)5-13-10(15)6-16-14-11(12)9-3-4-17-7-9/h3-4,7-8H,5-6H2,1-2H3,(H2,12,14)(H,13,15). The lowest BCUT2D eigenvalue weighted by molar-refractivity contribution is -0.125. The number of nitrogens with two attached hydrogens (primary N) is 1. The van der Waals surface area contributed by atoms with Crippen LogP contribution in [-0.2, 0) is 9.63 Å². The molecule has 0 spiro atoms. The van der Waals surface area contributed by atoms with Gasteiger partial charge in [0, 0.05) is 17.5 Å². The number of thiophene rings is 1. The molecule has 0 saturated carbocycles. The van der Waals surface area contributed by atoms with Crippen LogP contribution in [-0.4, -0.2) is 24.9 Å². The highest BCUT2D eigenvalue weighted by Crippen LogP contribution is 2.05. The van der Waals surface area contributed by atoms with Crippen molar-refractivity contribution >= 4 is 23.1 Å². The minimum Gasteiger partial charge on any atom is -0.384 e. The molecule has 0 atom stereocenters. The molecule has 0 radical (unpaired) electrons. The Kier molecular flexibility index (Phi) is 5.48. The lowest BCUT2D eigenvalue weighted by Crippen LogP contribution is -2.30. The monoisotopic (exact) mass is 255 g/mol. The Morgan fingerprint density at radius 3 is 3.00 bits per heavy atom. The van der Waals surface area contributed by atoms with Gasteiger partial charge in [-0.15, -0.1) is 0 Å². The van der Waals surface area contributed by atoms with Gasteiger partial charge in [-0.1, -0.05) is 19.0 Å². The smallest absolute Gasteiger partial charge is 0.260 e. The fourth-order valence-corrected chi connectivity index (χ4v) is 1.64. The number of carbonyl (C=O) groups excluding carboxylic acids is 1. The summed E-state index contributed by atoms with van der Waals surface area (Å²) in [5, 5.41) is 10.2. The second kappa shape index (κ2) is 6.90. The van der Waals surface area contributed by atoms with Crippen molar-refractivity contribution in [2.75, 3.05) is 13.2 Å². The first-order chi connectivity index (χ1) is 8.09. The van der Waals surface area contributed by atoms with Crippen LogP contribution in [0.2, 0.25) is 0 Å². The van der Waals surface area contributed by atoms with Gasteiger partial charge in [0.1, 0.15) is 0 Å². The zero-order chi connectivity index (χ0) is 12.7. The average Bonchev–Trinajstić information content (AvgIpc) is 2.79. The number of hydrogen-bond acceptors (Lipinski definition) is 4. The second-order valence-corrected chi connectivity index (χ2v) is 4.74. The van der Waals surface area contributed by atoms with Crippen molar-refractivity contribution in [2.24, 2.45) is 16.8 Å². The lowest BCUT2D eigenvalue weighted by atomic mass is 10.2. The van der Waals surface area contributed by atoms with Gasteiger partial charge in [0.25, 0.3) is 5.91 Å². The van der Waals surface area contributed by atoms with Gasteiger partial charge in [0.05, 0.1) is 0 Å². The predicted molar refractivity (Wildman–Crippen MR) is 68.8 cm³/mol. The molecule has 1 aromatic rings. The Bertz CT molecular complexity index is 374. The molecule has 5 nitrogen and oxygen atoms in total. The van der Waals surface area contributed by atoms with Crippen LogP contribution in [0, 0.1) is 5.92 Å². The zero-order valence-corrected chi connectivity index (χ0v) is 10.8. The molecule has 94 valence electrons. The number of rotatable bonds is 6. The minimum atomic E-state index is -0.194. The summed E-state index contributed by atoms with van der Waals surface area (Å²) in [6.07, 6.45) is 0. The van der Waals surface area contributed by atoms with Gasteiger partial charge in [-0.05, 0) is 17.4 Å². The minimum absolute atomic E-state index is 0.114. The largest absolute Gasteiger partial charge is 0.384 e. The maximum Gasteiger partial charge on any atom is 0.260 e. The Morgan fingerprint density at radius 2 is 2.41 bits per heavy atom. The van der Waals surface area contributed by atoms with Crippen LogP contribution in [0.4, 0.5) is 0 Å². The van der Waals surface area contributed by atoms with E-state index in [9.17, 15) is 4.79 Å². The van der Waals surface area contributed by atoms with Crippen molar-refractivity contribution in [1.29, 1.82) is 0 Å². The summed E-state index contributed by atoms with van der Waals surface area (Å²) in [5.41, 5.74) is 6.45. The van der Waals surface area contributed by atoms with E-state index in [1.807, 2.05) is 30.7 Å². The van der Waals surface area contributed by atoms with Crippen LogP contribution in [0.1, 0.15) is 19.4 Å². The van der Waals surface area contributed by atoms with Crippen molar-refractivity contribution in [3.05, 3.63) is 22.4 Å². The van der Waals surface area contributed by atoms with Crippen molar-refractivity contribution in [3.8, 4) is 0 Å².